The molecule has 4 rings (SSSR count). The second-order valence-electron chi connectivity index (χ2n) is 15.0. The zero-order valence-corrected chi connectivity index (χ0v) is 39.4. The van der Waals surface area contributed by atoms with E-state index >= 15 is 0 Å². The number of nitrogens with zero attached hydrogens (tertiary/aromatic N) is 4. The van der Waals surface area contributed by atoms with Crippen molar-refractivity contribution in [1.82, 2.24) is 30.2 Å². The molecular formula is C33H40N7O27P3S. The van der Waals surface area contributed by atoms with E-state index in [1.807, 2.05) is 0 Å². The highest BCUT2D eigenvalue weighted by Crippen LogP contribution is 2.61. The Morgan fingerprint density at radius 3 is 1.85 bits per heavy atom. The summed E-state index contributed by atoms with van der Waals surface area (Å²) in [4.78, 5) is 149. The van der Waals surface area contributed by atoms with Crippen LogP contribution in [0.5, 0.6) is 0 Å². The number of aromatic nitrogens is 4. The summed E-state index contributed by atoms with van der Waals surface area (Å²) in [5, 5.41) is 72.5. The first-order valence-electron chi connectivity index (χ1n) is 19.2. The Balaban J connectivity index is 1.28. The predicted molar refractivity (Wildman–Crippen MR) is 228 cm³/mol. The Kier molecular flexibility index (Phi) is 18.4. The van der Waals surface area contributed by atoms with Crippen LogP contribution in [0.25, 0.3) is 11.2 Å². The van der Waals surface area contributed by atoms with Gasteiger partial charge in [0.05, 0.1) is 52.9 Å². The number of aromatic carboxylic acids is 5. The number of hydrogen-bond acceptors (Lipinski definition) is 23. The number of benzene rings is 1. The lowest BCUT2D eigenvalue weighted by molar-refractivity contribution is -0.137. The second kappa shape index (κ2) is 22.7. The molecule has 0 spiro atoms. The number of fused-ring (bicyclic) bond motifs is 1. The number of carbonyl (C=O) groups excluding carboxylic acids is 3. The fourth-order valence-electron chi connectivity index (χ4n) is 6.37. The molecule has 34 nitrogen and oxygen atoms in total. The molecule has 1 aliphatic heterocycles. The second-order valence-corrected chi connectivity index (χ2v) is 20.3. The average Bonchev–Trinajstić information content (AvgIpc) is 3.81. The molecule has 1 fully saturated rings. The van der Waals surface area contributed by atoms with E-state index in [-0.39, 0.29) is 28.7 Å². The van der Waals surface area contributed by atoms with Crippen molar-refractivity contribution in [2.75, 3.05) is 37.8 Å². The van der Waals surface area contributed by atoms with Gasteiger partial charge in [-0.25, -0.2) is 52.6 Å². The van der Waals surface area contributed by atoms with Gasteiger partial charge in [0.25, 0.3) is 0 Å². The molecule has 1 aromatic carbocycles. The number of carbonyl (C=O) groups is 8. The summed E-state index contributed by atoms with van der Waals surface area (Å²) < 4.78 is 62.0. The Bertz CT molecular complexity index is 2750. The summed E-state index contributed by atoms with van der Waals surface area (Å²) in [6.45, 7) is -0.989. The number of carboxylic acids is 5. The zero-order chi connectivity index (χ0) is 53.7. The minimum Gasteiger partial charge on any atom is -0.478 e. The predicted octanol–water partition coefficient (Wildman–Crippen LogP) is -1.53. The fourth-order valence-corrected chi connectivity index (χ4v) is 9.94. The van der Waals surface area contributed by atoms with Crippen LogP contribution in [0.3, 0.4) is 0 Å². The number of phosphoric acid groups is 3. The molecule has 71 heavy (non-hydrogen) atoms. The number of rotatable bonds is 25. The van der Waals surface area contributed by atoms with E-state index in [0.717, 1.165) is 31.1 Å². The van der Waals surface area contributed by atoms with Gasteiger partial charge < -0.3 is 76.4 Å². The number of nitrogen functional groups attached to an aromatic ring is 1. The summed E-state index contributed by atoms with van der Waals surface area (Å²) in [5.41, 5.74) is -5.88. The largest absolute Gasteiger partial charge is 0.481 e. The maximum atomic E-state index is 13.1. The molecule has 3 heterocycles. The van der Waals surface area contributed by atoms with E-state index in [4.69, 9.17) is 19.5 Å². The van der Waals surface area contributed by atoms with E-state index < -0.39 is 178 Å². The lowest BCUT2D eigenvalue weighted by Gasteiger charge is -2.30. The van der Waals surface area contributed by atoms with Gasteiger partial charge in [0.2, 0.25) is 16.9 Å². The first-order valence-corrected chi connectivity index (χ1v) is 24.7. The number of nitrogens with two attached hydrogens (primary N) is 1. The number of aliphatic hydroxyl groups excluding tert-OH is 2. The monoisotopic (exact) mass is 1090 g/mol. The van der Waals surface area contributed by atoms with Crippen molar-refractivity contribution in [2.45, 2.75) is 50.9 Å². The van der Waals surface area contributed by atoms with Crippen molar-refractivity contribution in [1.29, 1.82) is 0 Å². The Morgan fingerprint density at radius 1 is 0.803 bits per heavy atom. The zero-order valence-electron chi connectivity index (χ0n) is 35.9. The number of nitrogens with one attached hydrogen (secondary N) is 2. The van der Waals surface area contributed by atoms with E-state index in [1.165, 1.54) is 0 Å². The molecular weight excluding hydrogens is 1050 g/mol. The maximum absolute atomic E-state index is 13.1. The van der Waals surface area contributed by atoms with Crippen LogP contribution in [0.2, 0.25) is 0 Å². The van der Waals surface area contributed by atoms with Gasteiger partial charge in [0, 0.05) is 30.7 Å². The van der Waals surface area contributed by atoms with Gasteiger partial charge >= 0.3 is 53.3 Å². The summed E-state index contributed by atoms with van der Waals surface area (Å²) in [6, 6.07) is 0. The van der Waals surface area contributed by atoms with Gasteiger partial charge in [-0.1, -0.05) is 25.6 Å². The van der Waals surface area contributed by atoms with Gasteiger partial charge in [0.15, 0.2) is 17.7 Å². The maximum Gasteiger partial charge on any atom is 0.481 e. The van der Waals surface area contributed by atoms with Crippen molar-refractivity contribution < 1.29 is 130 Å². The molecule has 3 aromatic rings. The molecule has 0 saturated carbocycles. The number of ether oxygens (including phenoxy) is 1. The number of carboxylic acid groups (broad SMARTS) is 5. The molecule has 15 N–H and O–H groups in total. The summed E-state index contributed by atoms with van der Waals surface area (Å²) in [6.07, 6.45) is -7.90. The molecule has 1 saturated heterocycles. The van der Waals surface area contributed by atoms with Crippen LogP contribution in [0.15, 0.2) is 12.7 Å². The number of phosphoric ester groups is 3. The number of imidazole rings is 1. The fraction of sp³-hybridized carbons (Fsp3) is 0.424. The topological polar surface area (TPSA) is 550 Å². The summed E-state index contributed by atoms with van der Waals surface area (Å²) in [5.74, 6) is -14.2. The van der Waals surface area contributed by atoms with E-state index in [9.17, 15) is 107 Å². The van der Waals surface area contributed by atoms with Crippen LogP contribution < -0.4 is 16.4 Å². The third-order valence-corrected chi connectivity index (χ3v) is 13.5. The first kappa shape index (κ1) is 57.7. The molecule has 390 valence electrons. The lowest BCUT2D eigenvalue weighted by Crippen LogP contribution is -2.46. The lowest BCUT2D eigenvalue weighted by atomic mass is 9.86. The Labute approximate surface area is 398 Å². The number of aliphatic hydroxyl groups is 2. The number of hydrogen-bond donors (Lipinski definition) is 14. The third kappa shape index (κ3) is 14.2. The van der Waals surface area contributed by atoms with Gasteiger partial charge in [-0.15, -0.1) is 0 Å². The molecule has 7 atom stereocenters. The highest BCUT2D eigenvalue weighted by Gasteiger charge is 2.50. The van der Waals surface area contributed by atoms with Crippen LogP contribution >= 0.6 is 35.2 Å². The van der Waals surface area contributed by atoms with E-state index in [0.29, 0.717) is 0 Å². The molecule has 0 radical (unpaired) electrons. The van der Waals surface area contributed by atoms with Gasteiger partial charge in [-0.05, 0) is 0 Å². The van der Waals surface area contributed by atoms with E-state index in [2.05, 4.69) is 34.4 Å². The summed E-state index contributed by atoms with van der Waals surface area (Å²) >= 11 is 0.0816. The van der Waals surface area contributed by atoms with Crippen LogP contribution in [-0.4, -0.2) is 178 Å². The number of amides is 2. The third-order valence-electron chi connectivity index (χ3n) is 9.51. The van der Waals surface area contributed by atoms with Crippen LogP contribution in [0, 0.1) is 5.41 Å². The highest BCUT2D eigenvalue weighted by atomic mass is 32.2. The van der Waals surface area contributed by atoms with E-state index in [1.54, 1.807) is 0 Å². The van der Waals surface area contributed by atoms with Crippen LogP contribution in [-0.2, 0) is 45.9 Å². The van der Waals surface area contributed by atoms with Gasteiger partial charge in [-0.2, -0.15) is 4.31 Å². The Morgan fingerprint density at radius 2 is 1.32 bits per heavy atom. The smallest absolute Gasteiger partial charge is 0.478 e. The molecule has 2 aromatic heterocycles. The minimum atomic E-state index is -5.70. The normalized spacial score (nSPS) is 19.3. The number of anilines is 1. The SMILES string of the molecule is CC(C)(COP(=O)(O)OP(=O)(O)OCC1OC(n2cnc3c(N)ncnc32)C(O)C1OP(=O)(O)O)C(O)C(=O)NCCC(=O)NCCSC(=O)c1c(C(=O)O)c(C(=O)O)c(C(=O)O)c(C(=O)O)c1C(=O)O. The molecule has 7 unspecified atom stereocenters. The average molecular weight is 1090 g/mol. The first-order chi connectivity index (χ1) is 32.7. The van der Waals surface area contributed by atoms with Crippen LogP contribution in [0.1, 0.15) is 88.6 Å². The van der Waals surface area contributed by atoms with Gasteiger partial charge in [0.1, 0.15) is 36.3 Å². The molecule has 1 aliphatic rings. The van der Waals surface area contributed by atoms with Crippen molar-refractivity contribution in [3.8, 4) is 0 Å². The van der Waals surface area contributed by atoms with Crippen molar-refractivity contribution >= 4 is 99.0 Å². The van der Waals surface area contributed by atoms with Crippen LogP contribution in [0.4, 0.5) is 5.82 Å². The Hall–Kier alpha value is -5.87. The highest BCUT2D eigenvalue weighted by molar-refractivity contribution is 8.14. The molecule has 0 bridgehead atoms. The molecule has 38 heteroatoms. The summed E-state index contributed by atoms with van der Waals surface area (Å²) in [7, 11) is -16.8. The minimum absolute atomic E-state index is 0.0269. The quantitative estimate of drug-likeness (QED) is 0.0338. The van der Waals surface area contributed by atoms with Crippen molar-refractivity contribution in [2.24, 2.45) is 5.41 Å². The van der Waals surface area contributed by atoms with Crippen molar-refractivity contribution in [3.05, 3.63) is 46.0 Å². The standard InChI is InChI=1S/C33H40N7O27P3S/c1-33(2,8-64-70(61,62)67-69(59,60)63-7-11-21(66-68(56,57)58)20(42)26(65-11)40-10-39-19-23(34)37-9-38-24(19)40)22(43)25(44)36-4-3-12(41)35-5-6-71-32(55)18-16(30(51)52)14(28(47)48)13(27(45)46)15(29(49)50)17(18)31(53)54/h9-11,20-22,26,42-43H,3-8H2,1-2H3,(H,35,41)(H,36,44)(H,45,46)(H,47,48)(H,49,50)(H,51,52)(H,53,54)(H,59,60)(H,61,62)(H2,34,37,38)(H2,56,57,58). The molecule has 0 aliphatic carbocycles. The van der Waals surface area contributed by atoms with Gasteiger partial charge in [-0.3, -0.25) is 32.5 Å². The number of thioether (sulfide) groups is 1. The molecule has 2 amide bonds. The van der Waals surface area contributed by atoms with Crippen molar-refractivity contribution in [3.63, 3.8) is 0 Å².